The molecule has 0 spiro atoms. The van der Waals surface area contributed by atoms with Gasteiger partial charge in [-0.25, -0.2) is 0 Å². The fraction of sp³-hybridized carbons (Fsp3) is 0.750. The molecular formula is C12H18N2O2. The third-order valence-corrected chi connectivity index (χ3v) is 3.76. The molecule has 3 rings (SSSR count). The first-order valence-corrected chi connectivity index (χ1v) is 6.24. The van der Waals surface area contributed by atoms with E-state index in [0.29, 0.717) is 12.5 Å². The minimum atomic E-state index is 0.0948. The van der Waals surface area contributed by atoms with Crippen molar-refractivity contribution in [2.24, 2.45) is 0 Å². The third kappa shape index (κ3) is 1.82. The van der Waals surface area contributed by atoms with Crippen molar-refractivity contribution in [1.29, 1.82) is 0 Å². The number of nitrogens with one attached hydrogen (secondary N) is 1. The standard InChI is InChI=1S/C12H18N2O2/c15-12-7-11(9-3-1-4-9)13-14(12)8-10-5-2-6-16-10/h7,9-10,13H,1-6,8H2. The monoisotopic (exact) mass is 222 g/mol. The molecule has 88 valence electrons. The van der Waals surface area contributed by atoms with Gasteiger partial charge in [0.15, 0.2) is 0 Å². The predicted octanol–water partition coefficient (Wildman–Crippen LogP) is 1.62. The first-order valence-electron chi connectivity index (χ1n) is 6.24. The molecule has 1 N–H and O–H groups in total. The molecule has 2 heterocycles. The van der Waals surface area contributed by atoms with Crippen LogP contribution in [0.3, 0.4) is 0 Å². The van der Waals surface area contributed by atoms with Gasteiger partial charge in [0, 0.05) is 24.3 Å². The Morgan fingerprint density at radius 3 is 2.88 bits per heavy atom. The largest absolute Gasteiger partial charge is 0.376 e. The molecule has 16 heavy (non-hydrogen) atoms. The number of ether oxygens (including phenoxy) is 1. The molecule has 1 saturated heterocycles. The quantitative estimate of drug-likeness (QED) is 0.844. The van der Waals surface area contributed by atoms with Gasteiger partial charge in [-0.05, 0) is 25.7 Å². The van der Waals surface area contributed by atoms with Crippen LogP contribution in [0, 0.1) is 0 Å². The minimum Gasteiger partial charge on any atom is -0.376 e. The van der Waals surface area contributed by atoms with E-state index in [1.807, 2.05) is 0 Å². The lowest BCUT2D eigenvalue weighted by Gasteiger charge is -2.23. The van der Waals surface area contributed by atoms with Crippen LogP contribution in [0.25, 0.3) is 0 Å². The van der Waals surface area contributed by atoms with Crippen molar-refractivity contribution < 1.29 is 4.74 Å². The molecule has 0 bridgehead atoms. The topological polar surface area (TPSA) is 47.0 Å². The Balaban J connectivity index is 1.73. The van der Waals surface area contributed by atoms with Gasteiger partial charge in [-0.15, -0.1) is 0 Å². The van der Waals surface area contributed by atoms with E-state index in [0.717, 1.165) is 25.1 Å². The molecule has 1 aliphatic heterocycles. The number of aromatic amines is 1. The predicted molar refractivity (Wildman–Crippen MR) is 60.6 cm³/mol. The van der Waals surface area contributed by atoms with Gasteiger partial charge in [-0.1, -0.05) is 6.42 Å². The van der Waals surface area contributed by atoms with Crippen LogP contribution in [0.4, 0.5) is 0 Å². The highest BCUT2D eigenvalue weighted by molar-refractivity contribution is 5.09. The fourth-order valence-electron chi connectivity index (χ4n) is 2.51. The summed E-state index contributed by atoms with van der Waals surface area (Å²) < 4.78 is 7.25. The van der Waals surface area contributed by atoms with Crippen LogP contribution in [0.15, 0.2) is 10.9 Å². The van der Waals surface area contributed by atoms with E-state index in [2.05, 4.69) is 5.10 Å². The van der Waals surface area contributed by atoms with Gasteiger partial charge in [-0.2, -0.15) is 0 Å². The van der Waals surface area contributed by atoms with Crippen LogP contribution in [0.1, 0.15) is 43.7 Å². The van der Waals surface area contributed by atoms with Crippen LogP contribution in [-0.2, 0) is 11.3 Å². The van der Waals surface area contributed by atoms with Crippen LogP contribution in [0.2, 0.25) is 0 Å². The number of nitrogens with zero attached hydrogens (tertiary/aromatic N) is 1. The molecule has 4 heteroatoms. The maximum absolute atomic E-state index is 11.7. The Bertz CT molecular complexity index is 411. The van der Waals surface area contributed by atoms with Crippen molar-refractivity contribution in [3.05, 3.63) is 22.1 Å². The van der Waals surface area contributed by atoms with E-state index >= 15 is 0 Å². The van der Waals surface area contributed by atoms with Crippen molar-refractivity contribution in [2.75, 3.05) is 6.61 Å². The second kappa shape index (κ2) is 4.09. The van der Waals surface area contributed by atoms with Crippen molar-refractivity contribution in [2.45, 2.75) is 50.7 Å². The molecule has 0 radical (unpaired) electrons. The number of rotatable bonds is 3. The van der Waals surface area contributed by atoms with Gasteiger partial charge in [-0.3, -0.25) is 14.6 Å². The van der Waals surface area contributed by atoms with Crippen molar-refractivity contribution in [1.82, 2.24) is 9.78 Å². The Hall–Kier alpha value is -1.03. The van der Waals surface area contributed by atoms with Crippen molar-refractivity contribution in [3.8, 4) is 0 Å². The number of aromatic nitrogens is 2. The first-order chi connectivity index (χ1) is 7.83. The number of hydrogen-bond donors (Lipinski definition) is 1. The Morgan fingerprint density at radius 1 is 1.38 bits per heavy atom. The van der Waals surface area contributed by atoms with E-state index in [4.69, 9.17) is 4.74 Å². The normalized spacial score (nSPS) is 25.9. The molecule has 4 nitrogen and oxygen atoms in total. The summed E-state index contributed by atoms with van der Waals surface area (Å²) in [6.07, 6.45) is 6.16. The van der Waals surface area contributed by atoms with Crippen molar-refractivity contribution in [3.63, 3.8) is 0 Å². The molecule has 0 amide bonds. The summed E-state index contributed by atoms with van der Waals surface area (Å²) in [5.41, 5.74) is 1.21. The average molecular weight is 222 g/mol. The zero-order chi connectivity index (χ0) is 11.0. The Labute approximate surface area is 94.6 Å². The van der Waals surface area contributed by atoms with Gasteiger partial charge < -0.3 is 4.74 Å². The molecule has 1 unspecified atom stereocenters. The van der Waals surface area contributed by atoms with E-state index < -0.39 is 0 Å². The summed E-state index contributed by atoms with van der Waals surface area (Å²) in [6, 6.07) is 1.76. The first kappa shape index (κ1) is 10.1. The highest BCUT2D eigenvalue weighted by atomic mass is 16.5. The molecule has 1 aromatic rings. The minimum absolute atomic E-state index is 0.0948. The zero-order valence-corrected chi connectivity index (χ0v) is 9.45. The van der Waals surface area contributed by atoms with Gasteiger partial charge in [0.2, 0.25) is 0 Å². The maximum Gasteiger partial charge on any atom is 0.266 e. The van der Waals surface area contributed by atoms with Crippen molar-refractivity contribution >= 4 is 0 Å². The Kier molecular flexibility index (Phi) is 2.59. The summed E-state index contributed by atoms with van der Waals surface area (Å²) in [6.45, 7) is 1.53. The number of H-pyrrole nitrogens is 1. The summed E-state index contributed by atoms with van der Waals surface area (Å²) >= 11 is 0. The molecule has 1 aromatic heterocycles. The second-order valence-corrected chi connectivity index (χ2v) is 4.92. The molecule has 1 saturated carbocycles. The number of hydrogen-bond acceptors (Lipinski definition) is 2. The lowest BCUT2D eigenvalue weighted by atomic mass is 9.83. The van der Waals surface area contributed by atoms with Gasteiger partial charge in [0.1, 0.15) is 0 Å². The highest BCUT2D eigenvalue weighted by Crippen LogP contribution is 2.34. The molecule has 1 atom stereocenters. The van der Waals surface area contributed by atoms with Crippen LogP contribution >= 0.6 is 0 Å². The average Bonchev–Trinajstić information content (AvgIpc) is 2.76. The molecular weight excluding hydrogens is 204 g/mol. The maximum atomic E-state index is 11.7. The van der Waals surface area contributed by atoms with Crippen LogP contribution in [-0.4, -0.2) is 22.5 Å². The lowest BCUT2D eigenvalue weighted by molar-refractivity contribution is 0.0930. The smallest absolute Gasteiger partial charge is 0.266 e. The lowest BCUT2D eigenvalue weighted by Crippen LogP contribution is -2.24. The Morgan fingerprint density at radius 2 is 2.25 bits per heavy atom. The van der Waals surface area contributed by atoms with Gasteiger partial charge in [0.05, 0.1) is 12.6 Å². The van der Waals surface area contributed by atoms with Crippen LogP contribution < -0.4 is 5.56 Å². The highest BCUT2D eigenvalue weighted by Gasteiger charge is 2.23. The molecule has 2 aliphatic rings. The summed E-state index contributed by atoms with van der Waals surface area (Å²) in [5.74, 6) is 0.596. The van der Waals surface area contributed by atoms with Crippen LogP contribution in [0.5, 0.6) is 0 Å². The molecule has 2 fully saturated rings. The molecule has 1 aliphatic carbocycles. The SMILES string of the molecule is O=c1cc(C2CCC2)[nH]n1CC1CCCO1. The third-order valence-electron chi connectivity index (χ3n) is 3.76. The summed E-state index contributed by atoms with van der Waals surface area (Å²) in [4.78, 5) is 11.7. The van der Waals surface area contributed by atoms with E-state index in [1.165, 1.54) is 19.3 Å². The van der Waals surface area contributed by atoms with E-state index in [9.17, 15) is 4.79 Å². The van der Waals surface area contributed by atoms with Gasteiger partial charge >= 0.3 is 0 Å². The fourth-order valence-corrected chi connectivity index (χ4v) is 2.51. The summed E-state index contributed by atoms with van der Waals surface area (Å²) in [7, 11) is 0. The van der Waals surface area contributed by atoms with Gasteiger partial charge in [0.25, 0.3) is 5.56 Å². The van der Waals surface area contributed by atoms with E-state index in [-0.39, 0.29) is 11.7 Å². The second-order valence-electron chi connectivity index (χ2n) is 4.92. The van der Waals surface area contributed by atoms with E-state index in [1.54, 1.807) is 10.7 Å². The zero-order valence-electron chi connectivity index (χ0n) is 9.45. The summed E-state index contributed by atoms with van der Waals surface area (Å²) in [5, 5.41) is 3.23. The molecule has 0 aromatic carbocycles.